The first-order valence-electron chi connectivity index (χ1n) is 9.74. The van der Waals surface area contributed by atoms with Crippen LogP contribution in [0.15, 0.2) is 42.5 Å². The zero-order chi connectivity index (χ0) is 20.3. The molecule has 5 heteroatoms. The minimum absolute atomic E-state index is 0.0145. The fourth-order valence-corrected chi connectivity index (χ4v) is 3.40. The third-order valence-corrected chi connectivity index (χ3v) is 4.87. The molecule has 0 saturated heterocycles. The van der Waals surface area contributed by atoms with Crippen LogP contribution in [0, 0.1) is 12.8 Å². The van der Waals surface area contributed by atoms with Crippen LogP contribution in [0.3, 0.4) is 0 Å². The lowest BCUT2D eigenvalue weighted by Crippen LogP contribution is -2.06. The molecule has 148 valence electrons. The Balaban J connectivity index is 1.68. The summed E-state index contributed by atoms with van der Waals surface area (Å²) in [4.78, 5) is 10.8. The first-order chi connectivity index (χ1) is 13.3. The van der Waals surface area contributed by atoms with Gasteiger partial charge >= 0.3 is 5.97 Å². The molecule has 1 heterocycles. The molecule has 0 spiro atoms. The van der Waals surface area contributed by atoms with E-state index in [1.807, 2.05) is 38.1 Å². The number of hydrogen-bond acceptors (Lipinski definition) is 3. The predicted molar refractivity (Wildman–Crippen MR) is 111 cm³/mol. The van der Waals surface area contributed by atoms with Crippen molar-refractivity contribution in [2.45, 2.75) is 53.2 Å². The zero-order valence-electron chi connectivity index (χ0n) is 17.0. The number of nitrogens with zero attached hydrogens (tertiary/aromatic N) is 2. The van der Waals surface area contributed by atoms with Crippen molar-refractivity contribution in [1.82, 2.24) is 9.78 Å². The third-order valence-electron chi connectivity index (χ3n) is 4.87. The van der Waals surface area contributed by atoms with Gasteiger partial charge in [-0.2, -0.15) is 5.10 Å². The number of fused-ring (bicyclic) bond motifs is 1. The van der Waals surface area contributed by atoms with Gasteiger partial charge in [0.05, 0.1) is 17.6 Å². The Labute approximate surface area is 165 Å². The van der Waals surface area contributed by atoms with Crippen molar-refractivity contribution in [3.8, 4) is 5.75 Å². The Bertz CT molecular complexity index is 958. The number of carbonyl (C=O) groups is 1. The van der Waals surface area contributed by atoms with E-state index in [-0.39, 0.29) is 12.3 Å². The Morgan fingerprint density at radius 1 is 1.14 bits per heavy atom. The highest BCUT2D eigenvalue weighted by molar-refractivity contribution is 5.82. The SMILES string of the molecule is Cc1nn(CC(C)C)c2ccc(COc3ccc(C(C)CC(=O)O)cc3)cc12. The maximum atomic E-state index is 10.8. The summed E-state index contributed by atoms with van der Waals surface area (Å²) in [6.45, 7) is 9.74. The van der Waals surface area contributed by atoms with Crippen molar-refractivity contribution in [3.63, 3.8) is 0 Å². The average molecular weight is 380 g/mol. The quantitative estimate of drug-likeness (QED) is 0.586. The van der Waals surface area contributed by atoms with Crippen LogP contribution in [0.5, 0.6) is 5.75 Å². The van der Waals surface area contributed by atoms with Crippen LogP contribution in [-0.2, 0) is 17.9 Å². The second-order valence-corrected chi connectivity index (χ2v) is 7.87. The fourth-order valence-electron chi connectivity index (χ4n) is 3.40. The summed E-state index contributed by atoms with van der Waals surface area (Å²) in [6.07, 6.45) is 0.129. The van der Waals surface area contributed by atoms with Gasteiger partial charge in [-0.1, -0.05) is 39.0 Å². The molecule has 2 aromatic carbocycles. The van der Waals surface area contributed by atoms with E-state index in [9.17, 15) is 4.79 Å². The first kappa shape index (κ1) is 19.9. The molecule has 0 radical (unpaired) electrons. The predicted octanol–water partition coefficient (Wildman–Crippen LogP) is 5.16. The van der Waals surface area contributed by atoms with Crippen LogP contribution in [0.25, 0.3) is 10.9 Å². The normalized spacial score (nSPS) is 12.5. The van der Waals surface area contributed by atoms with Gasteiger partial charge in [-0.25, -0.2) is 0 Å². The lowest BCUT2D eigenvalue weighted by Gasteiger charge is -2.11. The Kier molecular flexibility index (Phi) is 6.02. The minimum Gasteiger partial charge on any atom is -0.489 e. The molecule has 0 aliphatic heterocycles. The molecule has 5 nitrogen and oxygen atoms in total. The number of carboxylic acids is 1. The van der Waals surface area contributed by atoms with Crippen LogP contribution in [-0.4, -0.2) is 20.9 Å². The standard InChI is InChI=1S/C23H28N2O3/c1-15(2)13-25-22-10-5-18(12-21(22)17(4)24-25)14-28-20-8-6-19(7-9-20)16(3)11-23(26)27/h5-10,12,15-16H,11,13-14H2,1-4H3,(H,26,27). The summed E-state index contributed by atoms with van der Waals surface area (Å²) in [7, 11) is 0. The van der Waals surface area contributed by atoms with Gasteiger partial charge in [0.15, 0.2) is 0 Å². The number of aryl methyl sites for hydroxylation is 1. The summed E-state index contributed by atoms with van der Waals surface area (Å²) in [5, 5.41) is 14.8. The number of ether oxygens (including phenoxy) is 1. The summed E-state index contributed by atoms with van der Waals surface area (Å²) < 4.78 is 8.00. The molecular weight excluding hydrogens is 352 g/mol. The molecule has 0 aliphatic rings. The van der Waals surface area contributed by atoms with Gasteiger partial charge < -0.3 is 9.84 Å². The average Bonchev–Trinajstić information content (AvgIpc) is 2.94. The fraction of sp³-hybridized carbons (Fsp3) is 0.391. The van der Waals surface area contributed by atoms with E-state index in [2.05, 4.69) is 41.8 Å². The highest BCUT2D eigenvalue weighted by Gasteiger charge is 2.11. The Morgan fingerprint density at radius 3 is 2.50 bits per heavy atom. The van der Waals surface area contributed by atoms with Crippen molar-refractivity contribution >= 4 is 16.9 Å². The molecule has 3 rings (SSSR count). The van der Waals surface area contributed by atoms with Crippen molar-refractivity contribution in [2.75, 3.05) is 0 Å². The molecule has 0 aliphatic carbocycles. The van der Waals surface area contributed by atoms with Crippen LogP contribution in [0.2, 0.25) is 0 Å². The highest BCUT2D eigenvalue weighted by atomic mass is 16.5. The van der Waals surface area contributed by atoms with Crippen LogP contribution < -0.4 is 4.74 Å². The van der Waals surface area contributed by atoms with E-state index in [1.165, 1.54) is 5.39 Å². The number of aliphatic carboxylic acids is 1. The van der Waals surface area contributed by atoms with Crippen LogP contribution in [0.4, 0.5) is 0 Å². The molecule has 0 fully saturated rings. The van der Waals surface area contributed by atoms with Crippen molar-refractivity contribution in [2.24, 2.45) is 5.92 Å². The summed E-state index contributed by atoms with van der Waals surface area (Å²) >= 11 is 0. The summed E-state index contributed by atoms with van der Waals surface area (Å²) in [6, 6.07) is 14.0. The zero-order valence-corrected chi connectivity index (χ0v) is 17.0. The number of rotatable bonds is 8. The van der Waals surface area contributed by atoms with Crippen LogP contribution in [0.1, 0.15) is 49.9 Å². The van der Waals surface area contributed by atoms with Gasteiger partial charge in [-0.05, 0) is 54.2 Å². The van der Waals surface area contributed by atoms with Gasteiger partial charge in [0, 0.05) is 11.9 Å². The second-order valence-electron chi connectivity index (χ2n) is 7.87. The lowest BCUT2D eigenvalue weighted by atomic mass is 9.98. The molecule has 1 aromatic heterocycles. The molecule has 3 aromatic rings. The van der Waals surface area contributed by atoms with E-state index in [0.717, 1.165) is 34.6 Å². The number of carboxylic acid groups (broad SMARTS) is 1. The van der Waals surface area contributed by atoms with Crippen molar-refractivity contribution < 1.29 is 14.6 Å². The van der Waals surface area contributed by atoms with E-state index in [1.54, 1.807) is 0 Å². The van der Waals surface area contributed by atoms with E-state index < -0.39 is 5.97 Å². The number of benzene rings is 2. The lowest BCUT2D eigenvalue weighted by molar-refractivity contribution is -0.137. The second kappa shape index (κ2) is 8.46. The molecule has 1 N–H and O–H groups in total. The van der Waals surface area contributed by atoms with Gasteiger partial charge in [0.1, 0.15) is 12.4 Å². The Hall–Kier alpha value is -2.82. The monoisotopic (exact) mass is 380 g/mol. The third kappa shape index (κ3) is 4.71. The molecular formula is C23H28N2O3. The summed E-state index contributed by atoms with van der Waals surface area (Å²) in [5.74, 6) is 0.528. The van der Waals surface area contributed by atoms with Gasteiger partial charge in [-0.15, -0.1) is 0 Å². The number of aromatic nitrogens is 2. The highest BCUT2D eigenvalue weighted by Crippen LogP contribution is 2.24. The van der Waals surface area contributed by atoms with E-state index in [0.29, 0.717) is 12.5 Å². The van der Waals surface area contributed by atoms with E-state index >= 15 is 0 Å². The smallest absolute Gasteiger partial charge is 0.303 e. The van der Waals surface area contributed by atoms with Crippen molar-refractivity contribution in [3.05, 3.63) is 59.3 Å². The number of hydrogen-bond donors (Lipinski definition) is 1. The molecule has 0 amide bonds. The van der Waals surface area contributed by atoms with E-state index in [4.69, 9.17) is 9.84 Å². The first-order valence-corrected chi connectivity index (χ1v) is 9.74. The Morgan fingerprint density at radius 2 is 1.86 bits per heavy atom. The maximum Gasteiger partial charge on any atom is 0.303 e. The largest absolute Gasteiger partial charge is 0.489 e. The van der Waals surface area contributed by atoms with Crippen molar-refractivity contribution in [1.29, 1.82) is 0 Å². The minimum atomic E-state index is -0.782. The van der Waals surface area contributed by atoms with Crippen LogP contribution >= 0.6 is 0 Å². The molecule has 28 heavy (non-hydrogen) atoms. The molecule has 1 atom stereocenters. The van der Waals surface area contributed by atoms with Gasteiger partial charge in [-0.3, -0.25) is 9.48 Å². The van der Waals surface area contributed by atoms with Gasteiger partial charge in [0.25, 0.3) is 0 Å². The maximum absolute atomic E-state index is 10.8. The molecule has 0 saturated carbocycles. The van der Waals surface area contributed by atoms with Gasteiger partial charge in [0.2, 0.25) is 0 Å². The topological polar surface area (TPSA) is 64.4 Å². The molecule has 0 bridgehead atoms. The summed E-state index contributed by atoms with van der Waals surface area (Å²) in [5.41, 5.74) is 4.30. The molecule has 1 unspecified atom stereocenters.